The Hall–Kier alpha value is -2.42. The van der Waals surface area contributed by atoms with Crippen LogP contribution in [0.1, 0.15) is 50.8 Å². The second-order valence-electron chi connectivity index (χ2n) is 8.30. The zero-order chi connectivity index (χ0) is 20.9. The summed E-state index contributed by atoms with van der Waals surface area (Å²) in [5.41, 5.74) is 0.380. The van der Waals surface area contributed by atoms with E-state index >= 15 is 0 Å². The minimum atomic E-state index is -0.936. The van der Waals surface area contributed by atoms with Gasteiger partial charge in [-0.1, -0.05) is 32.1 Å². The van der Waals surface area contributed by atoms with Gasteiger partial charge in [0.15, 0.2) is 17.5 Å². The van der Waals surface area contributed by atoms with E-state index in [-0.39, 0.29) is 5.91 Å². The van der Waals surface area contributed by atoms with Gasteiger partial charge in [0.2, 0.25) is 5.91 Å². The van der Waals surface area contributed by atoms with Crippen molar-refractivity contribution in [2.24, 2.45) is 5.92 Å². The molecule has 0 unspecified atom stereocenters. The van der Waals surface area contributed by atoms with Crippen molar-refractivity contribution in [1.82, 2.24) is 30.0 Å². The first kappa shape index (κ1) is 20.8. The monoisotopic (exact) mass is 418 g/mol. The minimum absolute atomic E-state index is 0.256. The van der Waals surface area contributed by atoms with Crippen molar-refractivity contribution in [3.8, 4) is 5.69 Å². The topological polar surface area (TPSA) is 67.2 Å². The van der Waals surface area contributed by atoms with Crippen LogP contribution in [0.3, 0.4) is 0 Å². The van der Waals surface area contributed by atoms with Crippen LogP contribution in [-0.4, -0.2) is 62.1 Å². The molecule has 2 fully saturated rings. The lowest BCUT2D eigenvalue weighted by atomic mass is 9.86. The predicted octanol–water partition coefficient (Wildman–Crippen LogP) is 2.95. The molecule has 0 spiro atoms. The van der Waals surface area contributed by atoms with Gasteiger partial charge in [-0.2, -0.15) is 4.68 Å². The number of piperazine rings is 1. The van der Waals surface area contributed by atoms with Crippen LogP contribution in [-0.2, 0) is 11.3 Å². The highest BCUT2D eigenvalue weighted by atomic mass is 19.2. The van der Waals surface area contributed by atoms with Gasteiger partial charge in [0.05, 0.1) is 12.2 Å². The van der Waals surface area contributed by atoms with E-state index in [1.165, 1.54) is 42.9 Å². The van der Waals surface area contributed by atoms with Crippen LogP contribution >= 0.6 is 0 Å². The van der Waals surface area contributed by atoms with Gasteiger partial charge in [-0.3, -0.25) is 9.69 Å². The van der Waals surface area contributed by atoms with Gasteiger partial charge in [0.1, 0.15) is 0 Å². The molecule has 1 saturated carbocycles. The number of tetrazole rings is 1. The van der Waals surface area contributed by atoms with Gasteiger partial charge >= 0.3 is 0 Å². The van der Waals surface area contributed by atoms with Crippen LogP contribution < -0.4 is 0 Å². The lowest BCUT2D eigenvalue weighted by Gasteiger charge is -2.34. The minimum Gasteiger partial charge on any atom is -0.340 e. The average Bonchev–Trinajstić information content (AvgIpc) is 3.23. The maximum absolute atomic E-state index is 13.6. The van der Waals surface area contributed by atoms with E-state index in [1.54, 1.807) is 0 Å². The second kappa shape index (κ2) is 9.59. The molecular formula is C21H28F2N6O. The molecule has 1 aliphatic carbocycles. The van der Waals surface area contributed by atoms with Crippen molar-refractivity contribution in [3.05, 3.63) is 35.7 Å². The third-order valence-corrected chi connectivity index (χ3v) is 6.26. The number of aromatic nitrogens is 4. The molecule has 0 N–H and O–H groups in total. The molecular weight excluding hydrogens is 390 g/mol. The van der Waals surface area contributed by atoms with Gasteiger partial charge in [-0.25, -0.2) is 8.78 Å². The Bertz CT molecular complexity index is 859. The fourth-order valence-electron chi connectivity index (χ4n) is 4.44. The Morgan fingerprint density at radius 3 is 2.53 bits per heavy atom. The highest BCUT2D eigenvalue weighted by Crippen LogP contribution is 2.27. The zero-order valence-electron chi connectivity index (χ0n) is 17.1. The number of amides is 1. The number of halogens is 2. The SMILES string of the molecule is O=C(CCC1CCCCC1)N1CCN(Cc2nnnn2-c2ccc(F)c(F)c2)CC1. The van der Waals surface area contributed by atoms with Gasteiger partial charge < -0.3 is 4.90 Å². The number of nitrogens with zero attached hydrogens (tertiary/aromatic N) is 6. The van der Waals surface area contributed by atoms with Crippen molar-refractivity contribution in [2.75, 3.05) is 26.2 Å². The van der Waals surface area contributed by atoms with Crippen LogP contribution in [0.4, 0.5) is 8.78 Å². The number of benzene rings is 1. The van der Waals surface area contributed by atoms with E-state index in [1.807, 2.05) is 4.90 Å². The second-order valence-corrected chi connectivity index (χ2v) is 8.30. The Morgan fingerprint density at radius 2 is 1.80 bits per heavy atom. The van der Waals surface area contributed by atoms with Crippen LogP contribution in [0, 0.1) is 17.6 Å². The number of carbonyl (C=O) groups excluding carboxylic acids is 1. The third kappa shape index (κ3) is 5.00. The summed E-state index contributed by atoms with van der Waals surface area (Å²) in [6.45, 7) is 3.34. The van der Waals surface area contributed by atoms with Gasteiger partial charge in [0.25, 0.3) is 0 Å². The summed E-state index contributed by atoms with van der Waals surface area (Å²) in [5, 5.41) is 11.6. The molecule has 0 atom stereocenters. The molecule has 1 saturated heterocycles. The molecule has 7 nitrogen and oxygen atoms in total. The maximum atomic E-state index is 13.6. The molecule has 9 heteroatoms. The molecule has 0 radical (unpaired) electrons. The first-order valence-electron chi connectivity index (χ1n) is 10.8. The average molecular weight is 418 g/mol. The normalized spacial score (nSPS) is 18.7. The van der Waals surface area contributed by atoms with Crippen molar-refractivity contribution < 1.29 is 13.6 Å². The van der Waals surface area contributed by atoms with Crippen LogP contribution in [0.2, 0.25) is 0 Å². The van der Waals surface area contributed by atoms with Crippen LogP contribution in [0.5, 0.6) is 0 Å². The molecule has 0 bridgehead atoms. The summed E-state index contributed by atoms with van der Waals surface area (Å²) >= 11 is 0. The van der Waals surface area contributed by atoms with E-state index in [0.29, 0.717) is 37.6 Å². The van der Waals surface area contributed by atoms with Crippen LogP contribution in [0.15, 0.2) is 18.2 Å². The Morgan fingerprint density at radius 1 is 1.03 bits per heavy atom. The summed E-state index contributed by atoms with van der Waals surface area (Å²) in [7, 11) is 0. The van der Waals surface area contributed by atoms with E-state index in [0.717, 1.165) is 37.6 Å². The number of hydrogen-bond donors (Lipinski definition) is 0. The van der Waals surface area contributed by atoms with E-state index < -0.39 is 11.6 Å². The first-order valence-corrected chi connectivity index (χ1v) is 10.8. The first-order chi connectivity index (χ1) is 14.6. The maximum Gasteiger partial charge on any atom is 0.222 e. The van der Waals surface area contributed by atoms with Crippen LogP contribution in [0.25, 0.3) is 5.69 Å². The molecule has 2 heterocycles. The molecule has 2 aliphatic rings. The molecule has 1 aromatic carbocycles. The number of hydrogen-bond acceptors (Lipinski definition) is 5. The van der Waals surface area contributed by atoms with Gasteiger partial charge in [-0.15, -0.1) is 5.10 Å². The van der Waals surface area contributed by atoms with Crippen molar-refractivity contribution in [1.29, 1.82) is 0 Å². The summed E-state index contributed by atoms with van der Waals surface area (Å²) in [5.74, 6) is -0.309. The highest BCUT2D eigenvalue weighted by molar-refractivity contribution is 5.76. The Labute approximate surface area is 175 Å². The molecule has 162 valence electrons. The fourth-order valence-corrected chi connectivity index (χ4v) is 4.44. The summed E-state index contributed by atoms with van der Waals surface area (Å²) in [6.07, 6.45) is 8.16. The predicted molar refractivity (Wildman–Crippen MR) is 107 cm³/mol. The summed E-state index contributed by atoms with van der Waals surface area (Å²) in [4.78, 5) is 16.7. The molecule has 4 rings (SSSR count). The zero-order valence-corrected chi connectivity index (χ0v) is 17.1. The Balaban J connectivity index is 1.27. The standard InChI is InChI=1S/C21H28F2N6O/c22-18-8-7-17(14-19(18)23)29-20(24-25-26-29)15-27-10-12-28(13-11-27)21(30)9-6-16-4-2-1-3-5-16/h7-8,14,16H,1-6,9-13,15H2. The smallest absolute Gasteiger partial charge is 0.222 e. The van der Waals surface area contributed by atoms with Crippen molar-refractivity contribution >= 4 is 5.91 Å². The summed E-state index contributed by atoms with van der Waals surface area (Å²) < 4.78 is 28.2. The van der Waals surface area contributed by atoms with Gasteiger partial charge in [-0.05, 0) is 34.9 Å². The van der Waals surface area contributed by atoms with E-state index in [9.17, 15) is 13.6 Å². The molecule has 2 aromatic rings. The van der Waals surface area contributed by atoms with Crippen molar-refractivity contribution in [3.63, 3.8) is 0 Å². The lowest BCUT2D eigenvalue weighted by Crippen LogP contribution is -2.48. The molecule has 1 aliphatic heterocycles. The third-order valence-electron chi connectivity index (χ3n) is 6.26. The van der Waals surface area contributed by atoms with Gasteiger partial charge in [0, 0.05) is 38.7 Å². The molecule has 30 heavy (non-hydrogen) atoms. The van der Waals surface area contributed by atoms with Crippen molar-refractivity contribution in [2.45, 2.75) is 51.5 Å². The molecule has 1 amide bonds. The highest BCUT2D eigenvalue weighted by Gasteiger charge is 2.24. The van der Waals surface area contributed by atoms with E-state index in [4.69, 9.17) is 0 Å². The molecule has 1 aromatic heterocycles. The summed E-state index contributed by atoms with van der Waals surface area (Å²) in [6, 6.07) is 3.59. The fraction of sp³-hybridized carbons (Fsp3) is 0.619. The lowest BCUT2D eigenvalue weighted by molar-refractivity contribution is -0.133. The largest absolute Gasteiger partial charge is 0.340 e. The number of carbonyl (C=O) groups is 1. The number of rotatable bonds is 6. The van der Waals surface area contributed by atoms with E-state index in [2.05, 4.69) is 20.4 Å². The quantitative estimate of drug-likeness (QED) is 0.722. The Kier molecular flexibility index (Phi) is 6.66.